The predicted molar refractivity (Wildman–Crippen MR) is 96.8 cm³/mol. The molecule has 2 aromatic heterocycles. The molecule has 1 aromatic carbocycles. The molecule has 1 amide bonds. The van der Waals surface area contributed by atoms with Crippen LogP contribution < -0.4 is 10.6 Å². The van der Waals surface area contributed by atoms with Crippen LogP contribution in [0.1, 0.15) is 5.56 Å². The summed E-state index contributed by atoms with van der Waals surface area (Å²) in [5.74, 6) is 0.613. The Kier molecular flexibility index (Phi) is 3.44. The molecule has 0 radical (unpaired) electrons. The molecule has 0 aliphatic carbocycles. The molecule has 0 saturated carbocycles. The number of fused-ring (bicyclic) bond motifs is 3. The molecule has 0 bridgehead atoms. The van der Waals surface area contributed by atoms with Crippen molar-refractivity contribution in [3.05, 3.63) is 42.1 Å². The minimum absolute atomic E-state index is 0.0170. The number of hydrogen-bond acceptors (Lipinski definition) is 7. The Morgan fingerprint density at radius 2 is 2.11 bits per heavy atom. The van der Waals surface area contributed by atoms with Gasteiger partial charge in [0.25, 0.3) is 0 Å². The van der Waals surface area contributed by atoms with Gasteiger partial charge in [-0.1, -0.05) is 12.1 Å². The number of amides is 1. The lowest BCUT2D eigenvalue weighted by molar-refractivity contribution is 0.135. The molecule has 9 nitrogen and oxygen atoms in total. The number of benzene rings is 1. The first-order valence-corrected chi connectivity index (χ1v) is 8.67. The molecule has 5 rings (SSSR count). The van der Waals surface area contributed by atoms with Crippen LogP contribution in [0.25, 0.3) is 22.6 Å². The topological polar surface area (TPSA) is 112 Å². The van der Waals surface area contributed by atoms with Gasteiger partial charge in [0.05, 0.1) is 11.7 Å². The second-order valence-corrected chi connectivity index (χ2v) is 6.70. The van der Waals surface area contributed by atoms with Crippen molar-refractivity contribution in [1.29, 1.82) is 0 Å². The Morgan fingerprint density at radius 3 is 2.81 bits per heavy atom. The first kappa shape index (κ1) is 15.9. The van der Waals surface area contributed by atoms with E-state index in [2.05, 4.69) is 26.6 Å². The average molecular weight is 363 g/mol. The van der Waals surface area contributed by atoms with Gasteiger partial charge in [0.2, 0.25) is 0 Å². The Labute approximate surface area is 154 Å². The number of aryl methyl sites for hydroxylation is 1. The number of hydrogen-bond donors (Lipinski definition) is 1. The van der Waals surface area contributed by atoms with E-state index in [0.717, 1.165) is 28.8 Å². The number of cyclic esters (lactones) is 1. The van der Waals surface area contributed by atoms with E-state index in [-0.39, 0.29) is 18.2 Å². The summed E-state index contributed by atoms with van der Waals surface area (Å²) >= 11 is 0. The van der Waals surface area contributed by atoms with Gasteiger partial charge in [-0.25, -0.2) is 9.48 Å². The summed E-state index contributed by atoms with van der Waals surface area (Å²) in [6, 6.07) is 9.93. The summed E-state index contributed by atoms with van der Waals surface area (Å²) in [5.41, 5.74) is 10.5. The summed E-state index contributed by atoms with van der Waals surface area (Å²) < 4.78 is 6.92. The normalized spacial score (nSPS) is 20.5. The fourth-order valence-corrected chi connectivity index (χ4v) is 3.80. The zero-order valence-electron chi connectivity index (χ0n) is 14.6. The van der Waals surface area contributed by atoms with Gasteiger partial charge < -0.3 is 10.5 Å². The van der Waals surface area contributed by atoms with Crippen molar-refractivity contribution in [3.8, 4) is 22.6 Å². The van der Waals surface area contributed by atoms with Gasteiger partial charge in [-0.3, -0.25) is 9.88 Å². The Bertz CT molecular complexity index is 1030. The minimum atomic E-state index is -0.315. The summed E-state index contributed by atoms with van der Waals surface area (Å²) in [7, 11) is 1.78. The molecule has 2 aliphatic rings. The van der Waals surface area contributed by atoms with Crippen LogP contribution in [-0.4, -0.2) is 50.0 Å². The van der Waals surface area contributed by atoms with Crippen LogP contribution in [0.15, 0.2) is 36.5 Å². The van der Waals surface area contributed by atoms with E-state index in [4.69, 9.17) is 10.5 Å². The van der Waals surface area contributed by atoms with Crippen molar-refractivity contribution in [1.82, 2.24) is 25.2 Å². The standard InChI is InChI=1S/C18H17N7O2/c1-24-17(21-22-23-24)13-4-2-11(9-20-13)10-3-5-14-12(6-10)7-15-16(8-19)27-18(26)25(14)15/h2-6,9,15-16H,7-8,19H2,1H3/t15-,16?/m0/s1. The SMILES string of the molecule is Cn1nnnc1-c1ccc(-c2ccc3c(c2)C[C@H]2C(CN)OC(=O)N32)cn1. The second kappa shape index (κ2) is 5.85. The molecule has 9 heteroatoms. The van der Waals surface area contributed by atoms with E-state index in [0.29, 0.717) is 18.1 Å². The van der Waals surface area contributed by atoms with Gasteiger partial charge in [0.1, 0.15) is 11.8 Å². The van der Waals surface area contributed by atoms with Crippen LogP contribution in [-0.2, 0) is 18.2 Å². The first-order valence-electron chi connectivity index (χ1n) is 8.67. The van der Waals surface area contributed by atoms with Crippen LogP contribution in [0.4, 0.5) is 10.5 Å². The molecule has 0 spiro atoms. The number of tetrazole rings is 1. The van der Waals surface area contributed by atoms with Crippen molar-refractivity contribution >= 4 is 11.8 Å². The zero-order chi connectivity index (χ0) is 18.5. The van der Waals surface area contributed by atoms with E-state index in [1.165, 1.54) is 0 Å². The Morgan fingerprint density at radius 1 is 1.26 bits per heavy atom. The maximum Gasteiger partial charge on any atom is 0.415 e. The van der Waals surface area contributed by atoms with Gasteiger partial charge in [-0.05, 0) is 46.2 Å². The van der Waals surface area contributed by atoms with Gasteiger partial charge in [0, 0.05) is 25.4 Å². The van der Waals surface area contributed by atoms with E-state index in [1.807, 2.05) is 24.3 Å². The maximum absolute atomic E-state index is 12.1. The predicted octanol–water partition coefficient (Wildman–Crippen LogP) is 1.15. The van der Waals surface area contributed by atoms with Crippen molar-refractivity contribution in [2.24, 2.45) is 12.8 Å². The van der Waals surface area contributed by atoms with Gasteiger partial charge in [0.15, 0.2) is 5.82 Å². The maximum atomic E-state index is 12.1. The highest BCUT2D eigenvalue weighted by atomic mass is 16.6. The van der Waals surface area contributed by atoms with E-state index >= 15 is 0 Å². The molecule has 2 atom stereocenters. The van der Waals surface area contributed by atoms with Crippen molar-refractivity contribution in [2.45, 2.75) is 18.6 Å². The minimum Gasteiger partial charge on any atom is -0.442 e. The molecule has 136 valence electrons. The second-order valence-electron chi connectivity index (χ2n) is 6.70. The third-order valence-corrected chi connectivity index (χ3v) is 5.16. The molecular formula is C18H17N7O2. The van der Waals surface area contributed by atoms with Crippen LogP contribution in [0.3, 0.4) is 0 Å². The number of ether oxygens (including phenoxy) is 1. The van der Waals surface area contributed by atoms with Gasteiger partial charge in [-0.2, -0.15) is 0 Å². The highest BCUT2D eigenvalue weighted by Crippen LogP contribution is 2.40. The number of anilines is 1. The van der Waals surface area contributed by atoms with Crippen LogP contribution in [0.5, 0.6) is 0 Å². The number of pyridine rings is 1. The number of carbonyl (C=O) groups is 1. The number of aromatic nitrogens is 5. The quantitative estimate of drug-likeness (QED) is 0.743. The van der Waals surface area contributed by atoms with Crippen molar-refractivity contribution in [2.75, 3.05) is 11.4 Å². The summed E-state index contributed by atoms with van der Waals surface area (Å²) in [5, 5.41) is 11.4. The van der Waals surface area contributed by atoms with E-state index in [9.17, 15) is 4.79 Å². The van der Waals surface area contributed by atoms with Crippen LogP contribution >= 0.6 is 0 Å². The Hall–Kier alpha value is -3.33. The largest absolute Gasteiger partial charge is 0.442 e. The third-order valence-electron chi connectivity index (χ3n) is 5.16. The number of rotatable bonds is 3. The summed E-state index contributed by atoms with van der Waals surface area (Å²) in [4.78, 5) is 18.3. The smallest absolute Gasteiger partial charge is 0.415 e. The van der Waals surface area contributed by atoms with E-state index < -0.39 is 0 Å². The molecule has 2 N–H and O–H groups in total. The monoisotopic (exact) mass is 363 g/mol. The van der Waals surface area contributed by atoms with E-state index in [1.54, 1.807) is 22.8 Å². The molecule has 27 heavy (non-hydrogen) atoms. The lowest BCUT2D eigenvalue weighted by Crippen LogP contribution is -2.37. The zero-order valence-corrected chi connectivity index (χ0v) is 14.6. The fourth-order valence-electron chi connectivity index (χ4n) is 3.80. The number of carbonyl (C=O) groups excluding carboxylic acids is 1. The fraction of sp³-hybridized carbons (Fsp3) is 0.278. The molecule has 3 aromatic rings. The highest BCUT2D eigenvalue weighted by Gasteiger charge is 2.46. The lowest BCUT2D eigenvalue weighted by atomic mass is 10.0. The molecular weight excluding hydrogens is 346 g/mol. The molecule has 1 fully saturated rings. The average Bonchev–Trinajstić information content (AvgIpc) is 3.36. The first-order chi connectivity index (χ1) is 13.2. The number of nitrogens with zero attached hydrogens (tertiary/aromatic N) is 6. The van der Waals surface area contributed by atoms with Gasteiger partial charge >= 0.3 is 6.09 Å². The van der Waals surface area contributed by atoms with Crippen LogP contribution in [0, 0.1) is 0 Å². The van der Waals surface area contributed by atoms with Crippen molar-refractivity contribution in [3.63, 3.8) is 0 Å². The molecule has 4 heterocycles. The van der Waals surface area contributed by atoms with Crippen LogP contribution in [0.2, 0.25) is 0 Å². The van der Waals surface area contributed by atoms with Gasteiger partial charge in [-0.15, -0.1) is 5.10 Å². The summed E-state index contributed by atoms with van der Waals surface area (Å²) in [6.45, 7) is 0.329. The molecule has 1 saturated heterocycles. The molecule has 2 aliphatic heterocycles. The highest BCUT2D eigenvalue weighted by molar-refractivity contribution is 5.94. The summed E-state index contributed by atoms with van der Waals surface area (Å²) in [6.07, 6.45) is 1.98. The molecule has 1 unspecified atom stereocenters. The Balaban J connectivity index is 1.46. The van der Waals surface area contributed by atoms with Crippen molar-refractivity contribution < 1.29 is 9.53 Å². The lowest BCUT2D eigenvalue weighted by Gasteiger charge is -2.14. The number of nitrogens with two attached hydrogens (primary N) is 1. The third kappa shape index (κ3) is 2.39.